The first kappa shape index (κ1) is 21.0. The summed E-state index contributed by atoms with van der Waals surface area (Å²) >= 11 is 1.58. The summed E-state index contributed by atoms with van der Waals surface area (Å²) in [6.45, 7) is 5.92. The smallest absolute Gasteiger partial charge is 0.270 e. The molecular formula is C17H25N3O4S. The lowest BCUT2D eigenvalue weighted by Gasteiger charge is -2.23. The predicted molar refractivity (Wildman–Crippen MR) is 99.8 cm³/mol. The molecule has 0 radical (unpaired) electrons. The highest BCUT2D eigenvalue weighted by molar-refractivity contribution is 7.98. The van der Waals surface area contributed by atoms with E-state index in [1.165, 1.54) is 24.3 Å². The van der Waals surface area contributed by atoms with E-state index in [1.807, 2.05) is 27.0 Å². The number of nitrogens with one attached hydrogen (secondary N) is 2. The summed E-state index contributed by atoms with van der Waals surface area (Å²) in [6, 6.07) is 4.77. The Morgan fingerprint density at radius 1 is 1.24 bits per heavy atom. The van der Waals surface area contributed by atoms with E-state index >= 15 is 0 Å². The Morgan fingerprint density at radius 3 is 2.48 bits per heavy atom. The molecule has 0 aliphatic heterocycles. The fourth-order valence-electron chi connectivity index (χ4n) is 2.00. The first-order valence-corrected chi connectivity index (χ1v) is 9.50. The highest BCUT2D eigenvalue weighted by Gasteiger charge is 2.23. The molecule has 1 aromatic carbocycles. The van der Waals surface area contributed by atoms with Crippen LogP contribution in [0.3, 0.4) is 0 Å². The van der Waals surface area contributed by atoms with Crippen molar-refractivity contribution in [2.75, 3.05) is 12.0 Å². The standard InChI is InChI=1S/C17H25N3O4S/c1-11(2)12(3)18-17(22)15(8-9-25-4)19-16(21)13-6-5-7-14(10-13)20(23)24/h5-7,10-12,15H,8-9H2,1-4H3,(H,18,22)(H,19,21). The molecule has 2 atom stereocenters. The lowest BCUT2D eigenvalue weighted by Crippen LogP contribution is -2.50. The molecule has 0 saturated heterocycles. The van der Waals surface area contributed by atoms with E-state index in [0.717, 1.165) is 0 Å². The molecule has 0 bridgehead atoms. The zero-order valence-electron chi connectivity index (χ0n) is 14.9. The molecule has 1 rings (SSSR count). The molecule has 0 spiro atoms. The fraction of sp³-hybridized carbons (Fsp3) is 0.529. The van der Waals surface area contributed by atoms with Crippen molar-refractivity contribution < 1.29 is 14.5 Å². The third-order valence-electron chi connectivity index (χ3n) is 3.92. The van der Waals surface area contributed by atoms with Crippen molar-refractivity contribution in [3.63, 3.8) is 0 Å². The summed E-state index contributed by atoms with van der Waals surface area (Å²) in [5.74, 6) is 0.248. The van der Waals surface area contributed by atoms with Crippen LogP contribution >= 0.6 is 11.8 Å². The second-order valence-corrected chi connectivity index (χ2v) is 7.14. The van der Waals surface area contributed by atoms with Crippen molar-refractivity contribution in [3.8, 4) is 0 Å². The minimum Gasteiger partial charge on any atom is -0.352 e. The first-order chi connectivity index (χ1) is 11.8. The van der Waals surface area contributed by atoms with E-state index in [2.05, 4.69) is 10.6 Å². The number of carbonyl (C=O) groups is 2. The Kier molecular flexibility index (Phi) is 8.40. The largest absolute Gasteiger partial charge is 0.352 e. The highest BCUT2D eigenvalue weighted by Crippen LogP contribution is 2.13. The van der Waals surface area contributed by atoms with Crippen molar-refractivity contribution in [2.24, 2.45) is 5.92 Å². The molecule has 0 aliphatic rings. The van der Waals surface area contributed by atoms with Crippen LogP contribution in [0.15, 0.2) is 24.3 Å². The Balaban J connectivity index is 2.86. The lowest BCUT2D eigenvalue weighted by atomic mass is 10.1. The van der Waals surface area contributed by atoms with E-state index in [1.54, 1.807) is 11.8 Å². The molecule has 25 heavy (non-hydrogen) atoms. The average Bonchev–Trinajstić information content (AvgIpc) is 2.58. The summed E-state index contributed by atoms with van der Waals surface area (Å²) in [5, 5.41) is 16.4. The average molecular weight is 367 g/mol. The minimum atomic E-state index is -0.680. The van der Waals surface area contributed by atoms with Gasteiger partial charge in [0, 0.05) is 23.7 Å². The SMILES string of the molecule is CSCCC(NC(=O)c1cccc([N+](=O)[O-])c1)C(=O)NC(C)C(C)C. The fourth-order valence-corrected chi connectivity index (χ4v) is 2.47. The molecule has 1 aromatic rings. The maximum atomic E-state index is 12.5. The number of nitro groups is 1. The van der Waals surface area contributed by atoms with Crippen LogP contribution in [-0.4, -0.2) is 40.8 Å². The van der Waals surface area contributed by atoms with Crippen LogP contribution in [0.2, 0.25) is 0 Å². The molecule has 2 unspecified atom stereocenters. The summed E-state index contributed by atoms with van der Waals surface area (Å²) in [5.41, 5.74) is -0.000690. The van der Waals surface area contributed by atoms with Gasteiger partial charge in [-0.1, -0.05) is 19.9 Å². The molecule has 0 aliphatic carbocycles. The number of nitrogens with zero attached hydrogens (tertiary/aromatic N) is 1. The van der Waals surface area contributed by atoms with E-state index in [0.29, 0.717) is 12.2 Å². The van der Waals surface area contributed by atoms with Crippen LogP contribution in [0.4, 0.5) is 5.69 Å². The number of hydrogen-bond donors (Lipinski definition) is 2. The van der Waals surface area contributed by atoms with E-state index in [4.69, 9.17) is 0 Å². The molecule has 0 heterocycles. The predicted octanol–water partition coefficient (Wildman–Crippen LogP) is 2.61. The van der Waals surface area contributed by atoms with Crippen LogP contribution in [0, 0.1) is 16.0 Å². The van der Waals surface area contributed by atoms with Gasteiger partial charge in [0.2, 0.25) is 5.91 Å². The van der Waals surface area contributed by atoms with E-state index < -0.39 is 16.9 Å². The molecule has 7 nitrogen and oxygen atoms in total. The van der Waals surface area contributed by atoms with E-state index in [9.17, 15) is 19.7 Å². The number of non-ortho nitro benzene ring substituents is 1. The molecule has 2 amide bonds. The number of amides is 2. The lowest BCUT2D eigenvalue weighted by molar-refractivity contribution is -0.384. The van der Waals surface area contributed by atoms with Crippen molar-refractivity contribution in [3.05, 3.63) is 39.9 Å². The maximum Gasteiger partial charge on any atom is 0.270 e. The van der Waals surface area contributed by atoms with Crippen molar-refractivity contribution in [1.82, 2.24) is 10.6 Å². The number of rotatable bonds is 9. The van der Waals surface area contributed by atoms with Crippen LogP contribution < -0.4 is 10.6 Å². The number of benzene rings is 1. The van der Waals surface area contributed by atoms with Gasteiger partial charge in [0.25, 0.3) is 11.6 Å². The Morgan fingerprint density at radius 2 is 1.92 bits per heavy atom. The molecule has 138 valence electrons. The van der Waals surface area contributed by atoms with Crippen molar-refractivity contribution >= 4 is 29.3 Å². The van der Waals surface area contributed by atoms with Crippen LogP contribution in [-0.2, 0) is 4.79 Å². The molecular weight excluding hydrogens is 342 g/mol. The third kappa shape index (κ3) is 6.74. The van der Waals surface area contributed by atoms with Crippen molar-refractivity contribution in [1.29, 1.82) is 0 Å². The van der Waals surface area contributed by atoms with Gasteiger partial charge in [-0.3, -0.25) is 19.7 Å². The van der Waals surface area contributed by atoms with Gasteiger partial charge in [-0.05, 0) is 37.3 Å². The Hall–Kier alpha value is -2.09. The Labute approximate surface area is 152 Å². The van der Waals surface area contributed by atoms with Gasteiger partial charge in [-0.2, -0.15) is 11.8 Å². The molecule has 8 heteroatoms. The quantitative estimate of drug-likeness (QED) is 0.516. The van der Waals surface area contributed by atoms with Crippen LogP contribution in [0.25, 0.3) is 0 Å². The van der Waals surface area contributed by atoms with Gasteiger partial charge in [0.15, 0.2) is 0 Å². The van der Waals surface area contributed by atoms with Gasteiger partial charge < -0.3 is 10.6 Å². The first-order valence-electron chi connectivity index (χ1n) is 8.10. The minimum absolute atomic E-state index is 0.0148. The summed E-state index contributed by atoms with van der Waals surface area (Å²) in [7, 11) is 0. The zero-order chi connectivity index (χ0) is 19.0. The van der Waals surface area contributed by atoms with Crippen LogP contribution in [0.1, 0.15) is 37.6 Å². The second kappa shape index (κ2) is 10.0. The normalized spacial score (nSPS) is 13.2. The van der Waals surface area contributed by atoms with Gasteiger partial charge in [0.05, 0.1) is 4.92 Å². The molecule has 0 aromatic heterocycles. The molecule has 0 saturated carbocycles. The molecule has 2 N–H and O–H groups in total. The second-order valence-electron chi connectivity index (χ2n) is 6.16. The number of thioether (sulfide) groups is 1. The van der Waals surface area contributed by atoms with Gasteiger partial charge >= 0.3 is 0 Å². The highest BCUT2D eigenvalue weighted by atomic mass is 32.2. The van der Waals surface area contributed by atoms with Crippen LogP contribution in [0.5, 0.6) is 0 Å². The maximum absolute atomic E-state index is 12.5. The third-order valence-corrected chi connectivity index (χ3v) is 4.57. The van der Waals surface area contributed by atoms with Gasteiger partial charge in [0.1, 0.15) is 6.04 Å². The number of carbonyl (C=O) groups excluding carboxylic acids is 2. The van der Waals surface area contributed by atoms with E-state index in [-0.39, 0.29) is 29.1 Å². The van der Waals surface area contributed by atoms with Crippen molar-refractivity contribution in [2.45, 2.75) is 39.3 Å². The van der Waals surface area contributed by atoms with Gasteiger partial charge in [-0.25, -0.2) is 0 Å². The molecule has 0 fully saturated rings. The summed E-state index contributed by atoms with van der Waals surface area (Å²) in [6.07, 6.45) is 2.41. The summed E-state index contributed by atoms with van der Waals surface area (Å²) < 4.78 is 0. The zero-order valence-corrected chi connectivity index (χ0v) is 15.8. The number of hydrogen-bond acceptors (Lipinski definition) is 5. The Bertz CT molecular complexity index is 622. The topological polar surface area (TPSA) is 101 Å². The monoisotopic (exact) mass is 367 g/mol. The summed E-state index contributed by atoms with van der Waals surface area (Å²) in [4.78, 5) is 35.1. The number of nitro benzene ring substituents is 1. The van der Waals surface area contributed by atoms with Gasteiger partial charge in [-0.15, -0.1) is 0 Å².